The predicted octanol–water partition coefficient (Wildman–Crippen LogP) is 12.0. The molecule has 7 aromatic carbocycles. The summed E-state index contributed by atoms with van der Waals surface area (Å²) in [5.41, 5.74) is 13.2. The summed E-state index contributed by atoms with van der Waals surface area (Å²) in [5, 5.41) is 6.75. The molecule has 0 spiro atoms. The van der Waals surface area contributed by atoms with Crippen LogP contribution in [0.2, 0.25) is 0 Å². The monoisotopic (exact) mass is 654 g/mol. The number of benzene rings is 7. The number of hydrogen-bond donors (Lipinski definition) is 0. The van der Waals surface area contributed by atoms with Gasteiger partial charge in [0.1, 0.15) is 22.8 Å². The third-order valence-electron chi connectivity index (χ3n) is 10.6. The first-order valence-electron chi connectivity index (χ1n) is 17.3. The van der Waals surface area contributed by atoms with E-state index in [1.165, 1.54) is 33.0 Å². The molecule has 0 saturated heterocycles. The van der Waals surface area contributed by atoms with Gasteiger partial charge in [0.25, 0.3) is 0 Å². The Hall–Kier alpha value is -6.72. The highest BCUT2D eigenvalue weighted by Gasteiger charge is 2.20. The molecule has 51 heavy (non-hydrogen) atoms. The Bertz CT molecular complexity index is 3240. The fourth-order valence-corrected chi connectivity index (χ4v) is 8.37. The molecule has 0 unspecified atom stereocenters. The highest BCUT2D eigenvalue weighted by Crippen LogP contribution is 2.41. The van der Waals surface area contributed by atoms with E-state index >= 15 is 0 Å². The topological polar surface area (TPSA) is 43.8 Å². The number of aryl methyl sites for hydroxylation is 2. The average Bonchev–Trinajstić information content (AvgIpc) is 3.75. The number of ether oxygens (including phenoxy) is 1. The Kier molecular flexibility index (Phi) is 5.74. The number of para-hydroxylation sites is 6. The molecule has 0 aliphatic rings. The minimum absolute atomic E-state index is 0.756. The Labute approximate surface area is 292 Å². The first kappa shape index (κ1) is 28.2. The zero-order valence-electron chi connectivity index (χ0n) is 28.1. The molecule has 0 bridgehead atoms. The van der Waals surface area contributed by atoms with Crippen molar-refractivity contribution in [2.75, 3.05) is 0 Å². The molecule has 11 aromatic rings. The van der Waals surface area contributed by atoms with E-state index in [4.69, 9.17) is 14.7 Å². The van der Waals surface area contributed by atoms with Crippen LogP contribution in [-0.2, 0) is 0 Å². The highest BCUT2D eigenvalue weighted by atomic mass is 16.5. The van der Waals surface area contributed by atoms with Crippen LogP contribution < -0.4 is 4.74 Å². The summed E-state index contributed by atoms with van der Waals surface area (Å²) < 4.78 is 11.3. The van der Waals surface area contributed by atoms with Crippen LogP contribution in [0, 0.1) is 13.8 Å². The summed E-state index contributed by atoms with van der Waals surface area (Å²) in [6.45, 7) is 4.40. The summed E-state index contributed by atoms with van der Waals surface area (Å²) in [6, 6.07) is 51.2. The van der Waals surface area contributed by atoms with Crippen molar-refractivity contribution in [3.63, 3.8) is 0 Å². The average molecular weight is 655 g/mol. The summed E-state index contributed by atoms with van der Waals surface area (Å²) in [6.07, 6.45) is 0. The minimum atomic E-state index is 0.756. The van der Waals surface area contributed by atoms with Crippen LogP contribution in [0.25, 0.3) is 87.8 Å². The first-order chi connectivity index (χ1) is 25.1. The van der Waals surface area contributed by atoms with Crippen molar-refractivity contribution in [2.24, 2.45) is 0 Å². The normalized spacial score (nSPS) is 12.1. The lowest BCUT2D eigenvalue weighted by Crippen LogP contribution is -1.97. The second-order valence-electron chi connectivity index (χ2n) is 13.5. The van der Waals surface area contributed by atoms with Crippen LogP contribution in [0.5, 0.6) is 11.5 Å². The quantitative estimate of drug-likeness (QED) is 0.178. The van der Waals surface area contributed by atoms with E-state index in [0.717, 1.165) is 77.4 Å². The van der Waals surface area contributed by atoms with E-state index in [1.807, 2.05) is 6.07 Å². The maximum Gasteiger partial charge on any atom is 0.146 e. The van der Waals surface area contributed by atoms with E-state index in [9.17, 15) is 0 Å². The number of rotatable bonds is 3. The number of aromatic nitrogens is 4. The van der Waals surface area contributed by atoms with Gasteiger partial charge in [0.05, 0.1) is 33.1 Å². The van der Waals surface area contributed by atoms with Gasteiger partial charge in [0, 0.05) is 27.1 Å². The Morgan fingerprint density at radius 2 is 0.961 bits per heavy atom. The summed E-state index contributed by atoms with van der Waals surface area (Å²) in [4.78, 5) is 10.3. The molecular formula is C46H30N4O. The standard InChI is InChI=1S/C46H30N4O/c1-27-11-9-12-28(2)43(27)35-15-10-14-34-32-24-22-30(26-37(32)46-48-39-17-5-8-20-42(39)50(46)44(34)35)51-29-21-23-31-33-13-3-6-18-40(33)49-41-19-7-4-16-38(41)47-45(49)36(31)25-29/h3-26H,1-2H3. The first-order valence-corrected chi connectivity index (χ1v) is 17.3. The number of nitrogens with zero attached hydrogens (tertiary/aromatic N) is 4. The van der Waals surface area contributed by atoms with Gasteiger partial charge in [-0.25, -0.2) is 9.97 Å². The Morgan fingerprint density at radius 1 is 0.431 bits per heavy atom. The van der Waals surface area contributed by atoms with E-state index in [-0.39, 0.29) is 0 Å². The maximum atomic E-state index is 6.72. The van der Waals surface area contributed by atoms with E-state index < -0.39 is 0 Å². The number of imidazole rings is 2. The van der Waals surface area contributed by atoms with Crippen LogP contribution in [0.4, 0.5) is 0 Å². The highest BCUT2D eigenvalue weighted by molar-refractivity contribution is 6.18. The molecule has 0 fully saturated rings. The maximum absolute atomic E-state index is 6.72. The molecule has 5 nitrogen and oxygen atoms in total. The molecule has 0 saturated carbocycles. The summed E-state index contributed by atoms with van der Waals surface area (Å²) >= 11 is 0. The van der Waals surface area contributed by atoms with E-state index in [0.29, 0.717) is 0 Å². The minimum Gasteiger partial charge on any atom is -0.457 e. The molecule has 11 rings (SSSR count). The lowest BCUT2D eigenvalue weighted by molar-refractivity contribution is 0.484. The number of hydrogen-bond acceptors (Lipinski definition) is 3. The third-order valence-corrected chi connectivity index (χ3v) is 10.6. The lowest BCUT2D eigenvalue weighted by atomic mass is 9.92. The van der Waals surface area contributed by atoms with Crippen molar-refractivity contribution in [3.05, 3.63) is 157 Å². The molecular weight excluding hydrogens is 625 g/mol. The fourth-order valence-electron chi connectivity index (χ4n) is 8.37. The van der Waals surface area contributed by atoms with Crippen molar-refractivity contribution in [1.29, 1.82) is 0 Å². The van der Waals surface area contributed by atoms with Gasteiger partial charge < -0.3 is 4.74 Å². The van der Waals surface area contributed by atoms with Crippen molar-refractivity contribution in [2.45, 2.75) is 13.8 Å². The van der Waals surface area contributed by atoms with Gasteiger partial charge >= 0.3 is 0 Å². The predicted molar refractivity (Wildman–Crippen MR) is 210 cm³/mol. The van der Waals surface area contributed by atoms with Crippen LogP contribution in [-0.4, -0.2) is 18.8 Å². The zero-order chi connectivity index (χ0) is 33.8. The molecule has 240 valence electrons. The smallest absolute Gasteiger partial charge is 0.146 e. The fraction of sp³-hybridized carbons (Fsp3) is 0.0435. The number of pyridine rings is 2. The molecule has 4 heterocycles. The molecule has 0 amide bonds. The second kappa shape index (κ2) is 10.4. The van der Waals surface area contributed by atoms with Gasteiger partial charge in [-0.05, 0) is 108 Å². The van der Waals surface area contributed by atoms with Crippen LogP contribution in [0.3, 0.4) is 0 Å². The molecule has 0 atom stereocenters. The van der Waals surface area contributed by atoms with Crippen LogP contribution in [0.15, 0.2) is 146 Å². The van der Waals surface area contributed by atoms with Crippen molar-refractivity contribution in [3.8, 4) is 22.6 Å². The summed E-state index contributed by atoms with van der Waals surface area (Å²) in [7, 11) is 0. The Morgan fingerprint density at radius 3 is 1.65 bits per heavy atom. The SMILES string of the molecule is Cc1cccc(C)c1-c1cccc2c3ccc(Oc4ccc5c6ccccc6n6c7ccccc7nc6c5c4)cc3c3nc4ccccc4n3c12. The van der Waals surface area contributed by atoms with Gasteiger partial charge in [0.2, 0.25) is 0 Å². The summed E-state index contributed by atoms with van der Waals surface area (Å²) in [5.74, 6) is 1.51. The van der Waals surface area contributed by atoms with Crippen molar-refractivity contribution in [1.82, 2.24) is 18.8 Å². The molecule has 5 heteroatoms. The molecule has 0 aliphatic heterocycles. The van der Waals surface area contributed by atoms with Gasteiger partial charge in [-0.1, -0.05) is 78.9 Å². The molecule has 0 aliphatic carbocycles. The zero-order valence-corrected chi connectivity index (χ0v) is 28.1. The van der Waals surface area contributed by atoms with Crippen LogP contribution in [0.1, 0.15) is 11.1 Å². The van der Waals surface area contributed by atoms with Crippen LogP contribution >= 0.6 is 0 Å². The van der Waals surface area contributed by atoms with Gasteiger partial charge in [-0.15, -0.1) is 0 Å². The molecule has 4 aromatic heterocycles. The van der Waals surface area contributed by atoms with Crippen molar-refractivity contribution >= 4 is 76.7 Å². The molecule has 0 N–H and O–H groups in total. The van der Waals surface area contributed by atoms with E-state index in [1.54, 1.807) is 0 Å². The number of fused-ring (bicyclic) bond motifs is 16. The van der Waals surface area contributed by atoms with E-state index in [2.05, 4.69) is 162 Å². The lowest BCUT2D eigenvalue weighted by Gasteiger charge is -2.17. The van der Waals surface area contributed by atoms with Gasteiger partial charge in [0.15, 0.2) is 0 Å². The Balaban J connectivity index is 1.14. The molecule has 0 radical (unpaired) electrons. The third kappa shape index (κ3) is 3.97. The van der Waals surface area contributed by atoms with Crippen molar-refractivity contribution < 1.29 is 4.74 Å². The van der Waals surface area contributed by atoms with Gasteiger partial charge in [-0.3, -0.25) is 8.80 Å². The largest absolute Gasteiger partial charge is 0.457 e. The second-order valence-corrected chi connectivity index (χ2v) is 13.5. The van der Waals surface area contributed by atoms with Gasteiger partial charge in [-0.2, -0.15) is 0 Å².